The molecule has 1 fully saturated rings. The first-order chi connectivity index (χ1) is 39.6. The monoisotopic (exact) mass is 1130 g/mol. The number of hydrogen-bond acceptors (Lipinski definition) is 11. The summed E-state index contributed by atoms with van der Waals surface area (Å²) in [5, 5.41) is 31.5. The van der Waals surface area contributed by atoms with Gasteiger partial charge in [-0.2, -0.15) is 0 Å². The average molecular weight is 1130 g/mol. The Labute approximate surface area is 490 Å². The predicted octanol–water partition coefficient (Wildman–Crippen LogP) is 16.6. The summed E-state index contributed by atoms with van der Waals surface area (Å²) in [6.45, 7) is 5.61. The van der Waals surface area contributed by atoms with Crippen molar-refractivity contribution in [3.8, 4) is 0 Å². The molecule has 0 aromatic carbocycles. The number of rotatable bonds is 51. The lowest BCUT2D eigenvalue weighted by Gasteiger charge is -2.40. The minimum Gasteiger partial charge on any atom is -0.479 e. The highest BCUT2D eigenvalue weighted by Gasteiger charge is 2.50. The highest BCUT2D eigenvalue weighted by Crippen LogP contribution is 2.26. The van der Waals surface area contributed by atoms with Gasteiger partial charge in [0.2, 0.25) is 0 Å². The van der Waals surface area contributed by atoms with Crippen molar-refractivity contribution in [2.75, 3.05) is 13.2 Å². The van der Waals surface area contributed by atoms with Crippen LogP contribution in [0.15, 0.2) is 134 Å². The van der Waals surface area contributed by atoms with E-state index in [1.54, 1.807) is 0 Å². The summed E-state index contributed by atoms with van der Waals surface area (Å²) in [7, 11) is 0. The maximum Gasteiger partial charge on any atom is 0.335 e. The van der Waals surface area contributed by atoms with Crippen LogP contribution in [0.3, 0.4) is 0 Å². The number of carbonyl (C=O) groups is 4. The number of aliphatic carboxylic acids is 1. The van der Waals surface area contributed by atoms with Crippen molar-refractivity contribution in [1.29, 1.82) is 0 Å². The molecule has 0 saturated carbocycles. The van der Waals surface area contributed by atoms with Crippen molar-refractivity contribution in [2.45, 2.75) is 263 Å². The summed E-state index contributed by atoms with van der Waals surface area (Å²) in [5.74, 6) is -3.21. The van der Waals surface area contributed by atoms with Gasteiger partial charge in [0.25, 0.3) is 0 Å². The van der Waals surface area contributed by atoms with Gasteiger partial charge in [-0.1, -0.05) is 212 Å². The van der Waals surface area contributed by atoms with Crippen molar-refractivity contribution in [3.05, 3.63) is 134 Å². The van der Waals surface area contributed by atoms with Gasteiger partial charge in [-0.15, -0.1) is 0 Å². The molecule has 0 radical (unpaired) electrons. The highest BCUT2D eigenvalue weighted by molar-refractivity contribution is 5.74. The van der Waals surface area contributed by atoms with Crippen molar-refractivity contribution < 1.29 is 58.2 Å². The highest BCUT2D eigenvalue weighted by atomic mass is 16.7. The molecule has 1 aliphatic rings. The van der Waals surface area contributed by atoms with Gasteiger partial charge in [-0.3, -0.25) is 14.4 Å². The van der Waals surface area contributed by atoms with Gasteiger partial charge in [0.05, 0.1) is 6.61 Å². The molecule has 1 saturated heterocycles. The number of allylic oxidation sites excluding steroid dienone is 22. The van der Waals surface area contributed by atoms with Gasteiger partial charge in [0.15, 0.2) is 24.6 Å². The molecule has 0 amide bonds. The largest absolute Gasteiger partial charge is 0.479 e. The van der Waals surface area contributed by atoms with Crippen LogP contribution >= 0.6 is 0 Å². The van der Waals surface area contributed by atoms with E-state index >= 15 is 0 Å². The van der Waals surface area contributed by atoms with Crippen LogP contribution in [0, 0.1) is 0 Å². The fourth-order valence-electron chi connectivity index (χ4n) is 8.54. The van der Waals surface area contributed by atoms with Crippen LogP contribution in [-0.4, -0.2) is 89.2 Å². The molecule has 12 heteroatoms. The van der Waals surface area contributed by atoms with Crippen molar-refractivity contribution in [1.82, 2.24) is 0 Å². The Hall–Kier alpha value is -5.14. The third kappa shape index (κ3) is 45.1. The van der Waals surface area contributed by atoms with E-state index in [0.29, 0.717) is 19.3 Å². The van der Waals surface area contributed by atoms with E-state index in [9.17, 15) is 34.5 Å². The number of aliphatic hydroxyl groups excluding tert-OH is 2. The number of esters is 3. The molecule has 6 unspecified atom stereocenters. The fraction of sp³-hybridized carbons (Fsp3) is 0.623. The molecule has 0 aromatic rings. The van der Waals surface area contributed by atoms with E-state index in [0.717, 1.165) is 167 Å². The molecule has 0 aromatic heterocycles. The SMILES string of the molecule is CC/C=C\C/C=C\C/C=C\C/C=C\CCCCCCCCC(=O)OCC(COC1OC(C(=O)O)C(O)C(O)C1OC(=O)CCCCC/C=C\C/C=C\C/C=C\CC)OC(=O)CCCCCCCC/C=C\C/C=C\C/C=C\C/C=C\CC. The lowest BCUT2D eigenvalue weighted by atomic mass is 9.98. The van der Waals surface area contributed by atoms with E-state index < -0.39 is 67.3 Å². The van der Waals surface area contributed by atoms with Crippen molar-refractivity contribution in [3.63, 3.8) is 0 Å². The Balaban J connectivity index is 2.71. The first-order valence-electron chi connectivity index (χ1n) is 31.2. The summed E-state index contributed by atoms with van der Waals surface area (Å²) in [4.78, 5) is 51.3. The first-order valence-corrected chi connectivity index (χ1v) is 31.2. The van der Waals surface area contributed by atoms with Gasteiger partial charge in [-0.05, 0) is 128 Å². The zero-order chi connectivity index (χ0) is 58.9. The number of carboxylic acids is 1. The maximum atomic E-state index is 13.2. The molecular weight excluding hydrogens is 1020 g/mol. The second kappa shape index (κ2) is 55.4. The summed E-state index contributed by atoms with van der Waals surface area (Å²) >= 11 is 0. The zero-order valence-corrected chi connectivity index (χ0v) is 50.2. The molecule has 1 heterocycles. The standard InChI is InChI=1S/C69H108O12/c1-4-7-10-13-16-19-22-25-27-29-31-33-35-38-40-43-46-49-52-55-61(70)77-58-60(79-62(71)56-53-50-47-44-42-39-36-34-32-30-28-26-23-20-17-14-11-8-5-2)59-78-69-67(65(74)64(73)66(81-69)68(75)76)80-63(72)57-54-51-48-45-41-37-24-21-18-15-12-9-6-3/h7-12,16-21,25-28,31-34,37,41,60,64-67,69,73-74H,4-6,13-15,22-24,29-30,35-36,38-40,42-59H2,1-3H3,(H,75,76)/b10-7-,11-8-,12-9-,19-16-,20-17-,21-18-,27-25-,28-26-,33-31-,34-32-,41-37-. The minimum atomic E-state index is -1.93. The molecule has 0 spiro atoms. The second-order valence-electron chi connectivity index (χ2n) is 20.5. The summed E-state index contributed by atoms with van der Waals surface area (Å²) < 4.78 is 28.4. The number of aliphatic hydroxyl groups is 2. The van der Waals surface area contributed by atoms with Gasteiger partial charge in [0, 0.05) is 19.3 Å². The number of ether oxygens (including phenoxy) is 5. The molecule has 456 valence electrons. The van der Waals surface area contributed by atoms with Crippen LogP contribution in [0.5, 0.6) is 0 Å². The molecule has 0 bridgehead atoms. The summed E-state index contributed by atoms with van der Waals surface area (Å²) in [6.07, 6.45) is 65.6. The Morgan fingerprint density at radius 2 is 0.741 bits per heavy atom. The van der Waals surface area contributed by atoms with E-state index in [-0.39, 0.29) is 25.9 Å². The minimum absolute atomic E-state index is 0.0149. The number of unbranched alkanes of at least 4 members (excludes halogenated alkanes) is 15. The lowest BCUT2D eigenvalue weighted by Crippen LogP contribution is -2.61. The molecule has 0 aliphatic carbocycles. The third-order valence-electron chi connectivity index (χ3n) is 13.2. The van der Waals surface area contributed by atoms with E-state index in [2.05, 4.69) is 154 Å². The Kier molecular flexibility index (Phi) is 50.5. The van der Waals surface area contributed by atoms with Crippen LogP contribution in [0.1, 0.15) is 226 Å². The Bertz CT molecular complexity index is 1920. The van der Waals surface area contributed by atoms with E-state index in [4.69, 9.17) is 23.7 Å². The maximum absolute atomic E-state index is 13.2. The Morgan fingerprint density at radius 1 is 0.407 bits per heavy atom. The molecule has 81 heavy (non-hydrogen) atoms. The Morgan fingerprint density at radius 3 is 1.14 bits per heavy atom. The normalized spacial score (nSPS) is 18.7. The van der Waals surface area contributed by atoms with Crippen molar-refractivity contribution in [2.24, 2.45) is 0 Å². The van der Waals surface area contributed by atoms with E-state index in [1.807, 2.05) is 0 Å². The molecule has 1 aliphatic heterocycles. The quantitative estimate of drug-likeness (QED) is 0.0228. The fourth-order valence-corrected chi connectivity index (χ4v) is 8.54. The van der Waals surface area contributed by atoms with Gasteiger partial charge in [0.1, 0.15) is 18.8 Å². The van der Waals surface area contributed by atoms with Gasteiger partial charge < -0.3 is 39.0 Å². The van der Waals surface area contributed by atoms with Crippen LogP contribution in [-0.2, 0) is 42.9 Å². The molecular formula is C69H108O12. The van der Waals surface area contributed by atoms with Crippen LogP contribution in [0.2, 0.25) is 0 Å². The molecule has 6 atom stereocenters. The first kappa shape index (κ1) is 73.9. The van der Waals surface area contributed by atoms with Crippen LogP contribution in [0.4, 0.5) is 0 Å². The topological polar surface area (TPSA) is 175 Å². The number of carbonyl (C=O) groups excluding carboxylic acids is 3. The predicted molar refractivity (Wildman–Crippen MR) is 330 cm³/mol. The summed E-state index contributed by atoms with van der Waals surface area (Å²) in [5.41, 5.74) is 0. The lowest BCUT2D eigenvalue weighted by molar-refractivity contribution is -0.301. The third-order valence-corrected chi connectivity index (χ3v) is 13.2. The van der Waals surface area contributed by atoms with Crippen LogP contribution in [0.25, 0.3) is 0 Å². The van der Waals surface area contributed by atoms with Crippen molar-refractivity contribution >= 4 is 23.9 Å². The summed E-state index contributed by atoms with van der Waals surface area (Å²) in [6, 6.07) is 0. The number of carboxylic acid groups (broad SMARTS) is 1. The van der Waals surface area contributed by atoms with Crippen LogP contribution < -0.4 is 0 Å². The average Bonchev–Trinajstić information content (AvgIpc) is 3.46. The molecule has 12 nitrogen and oxygen atoms in total. The van der Waals surface area contributed by atoms with Gasteiger partial charge in [-0.25, -0.2) is 4.79 Å². The van der Waals surface area contributed by atoms with Gasteiger partial charge >= 0.3 is 23.9 Å². The molecule has 1 rings (SSSR count). The van der Waals surface area contributed by atoms with E-state index in [1.165, 1.54) is 0 Å². The zero-order valence-electron chi connectivity index (χ0n) is 50.2. The number of hydrogen-bond donors (Lipinski definition) is 3. The smallest absolute Gasteiger partial charge is 0.335 e. The molecule has 3 N–H and O–H groups in total. The second-order valence-corrected chi connectivity index (χ2v) is 20.5.